The van der Waals surface area contributed by atoms with E-state index in [0.29, 0.717) is 22.7 Å². The lowest BCUT2D eigenvalue weighted by atomic mass is 10.2. The van der Waals surface area contributed by atoms with Crippen molar-refractivity contribution < 1.29 is 0 Å². The van der Waals surface area contributed by atoms with E-state index in [-0.39, 0.29) is 5.56 Å². The predicted molar refractivity (Wildman–Crippen MR) is 82.5 cm³/mol. The average Bonchev–Trinajstić information content (AvgIpc) is 3.08. The summed E-state index contributed by atoms with van der Waals surface area (Å²) in [5.74, 6) is 0.566. The molecule has 3 heterocycles. The molecule has 20 heavy (non-hydrogen) atoms. The van der Waals surface area contributed by atoms with Crippen molar-refractivity contribution in [1.29, 1.82) is 0 Å². The highest BCUT2D eigenvalue weighted by Gasteiger charge is 2.12. The molecule has 2 N–H and O–H groups in total. The van der Waals surface area contributed by atoms with Crippen molar-refractivity contribution in [3.63, 3.8) is 0 Å². The maximum atomic E-state index is 12.3. The van der Waals surface area contributed by atoms with E-state index in [1.54, 1.807) is 22.0 Å². The van der Waals surface area contributed by atoms with E-state index in [1.165, 1.54) is 0 Å². The zero-order valence-corrected chi connectivity index (χ0v) is 12.3. The van der Waals surface area contributed by atoms with Crippen molar-refractivity contribution in [2.45, 2.75) is 13.5 Å². The van der Waals surface area contributed by atoms with Gasteiger partial charge in [0.2, 0.25) is 0 Å². The van der Waals surface area contributed by atoms with Crippen LogP contribution < -0.4 is 5.56 Å². The fourth-order valence-corrected chi connectivity index (χ4v) is 3.01. The number of hydrogen-bond donors (Lipinski definition) is 2. The molecule has 0 amide bonds. The number of hydrogen-bond acceptors (Lipinski definition) is 4. The summed E-state index contributed by atoms with van der Waals surface area (Å²) in [4.78, 5) is 16.2. The van der Waals surface area contributed by atoms with Crippen LogP contribution in [0.4, 0.5) is 0 Å². The van der Waals surface area contributed by atoms with Gasteiger partial charge in [0.1, 0.15) is 0 Å². The van der Waals surface area contributed by atoms with Gasteiger partial charge >= 0.3 is 0 Å². The second-order valence-corrected chi connectivity index (χ2v) is 5.52. The standard InChI is InChI=1S/C13H12N4OS2/c1-2-17-11(15-16-13(17)19)8-5-6-9(14-12(8)18)10-4-3-7-20-10/h3-7H,2H2,1H3,(H,14,18)(H,16,19). The van der Waals surface area contributed by atoms with Crippen LogP contribution in [0.2, 0.25) is 0 Å². The van der Waals surface area contributed by atoms with E-state index >= 15 is 0 Å². The van der Waals surface area contributed by atoms with Crippen LogP contribution in [0.25, 0.3) is 22.0 Å². The van der Waals surface area contributed by atoms with Crippen molar-refractivity contribution in [3.05, 3.63) is 44.8 Å². The Kier molecular flexibility index (Phi) is 3.37. The van der Waals surface area contributed by atoms with Gasteiger partial charge in [0.05, 0.1) is 16.1 Å². The van der Waals surface area contributed by atoms with E-state index in [9.17, 15) is 4.79 Å². The van der Waals surface area contributed by atoms with Gasteiger partial charge in [-0.3, -0.25) is 9.89 Å². The summed E-state index contributed by atoms with van der Waals surface area (Å²) < 4.78 is 2.31. The maximum Gasteiger partial charge on any atom is 0.259 e. The molecule has 0 fully saturated rings. The van der Waals surface area contributed by atoms with Crippen LogP contribution in [0.5, 0.6) is 0 Å². The Bertz CT molecular complexity index is 842. The number of nitrogens with one attached hydrogen (secondary N) is 2. The zero-order valence-electron chi connectivity index (χ0n) is 10.7. The molecular formula is C13H12N4OS2. The number of thiophene rings is 1. The molecule has 102 valence electrons. The molecule has 0 atom stereocenters. The van der Waals surface area contributed by atoms with Crippen molar-refractivity contribution in [3.8, 4) is 22.0 Å². The molecule has 0 saturated carbocycles. The Hall–Kier alpha value is -1.99. The third kappa shape index (κ3) is 2.14. The van der Waals surface area contributed by atoms with Gasteiger partial charge in [0.25, 0.3) is 5.56 Å². The number of H-pyrrole nitrogens is 2. The summed E-state index contributed by atoms with van der Waals surface area (Å²) in [6.07, 6.45) is 0. The predicted octanol–water partition coefficient (Wildman–Crippen LogP) is 3.04. The van der Waals surface area contributed by atoms with Crippen molar-refractivity contribution in [2.24, 2.45) is 0 Å². The lowest BCUT2D eigenvalue weighted by molar-refractivity contribution is 0.754. The number of rotatable bonds is 3. The SMILES string of the molecule is CCn1c(-c2ccc(-c3cccs3)[nH]c2=O)n[nH]c1=S. The average molecular weight is 304 g/mol. The molecule has 0 saturated heterocycles. The molecule has 0 aliphatic carbocycles. The Labute approximate surface area is 123 Å². The maximum absolute atomic E-state index is 12.3. The lowest BCUT2D eigenvalue weighted by Crippen LogP contribution is -2.12. The zero-order chi connectivity index (χ0) is 14.1. The van der Waals surface area contributed by atoms with Gasteiger partial charge in [-0.25, -0.2) is 0 Å². The van der Waals surface area contributed by atoms with Crippen molar-refractivity contribution in [2.75, 3.05) is 0 Å². The van der Waals surface area contributed by atoms with Gasteiger partial charge in [0, 0.05) is 6.54 Å². The van der Waals surface area contributed by atoms with Gasteiger partial charge in [0.15, 0.2) is 10.6 Å². The first-order valence-corrected chi connectivity index (χ1v) is 7.42. The summed E-state index contributed by atoms with van der Waals surface area (Å²) in [7, 11) is 0. The number of aromatic nitrogens is 4. The number of aromatic amines is 2. The Balaban J connectivity index is 2.12. The van der Waals surface area contributed by atoms with Crippen LogP contribution in [0.3, 0.4) is 0 Å². The third-order valence-corrected chi connectivity index (χ3v) is 4.23. The second-order valence-electron chi connectivity index (χ2n) is 4.19. The van der Waals surface area contributed by atoms with Gasteiger partial charge < -0.3 is 9.55 Å². The number of nitrogens with zero attached hydrogens (tertiary/aromatic N) is 2. The molecule has 0 radical (unpaired) electrons. The van der Waals surface area contributed by atoms with Crippen LogP contribution >= 0.6 is 23.6 Å². The molecule has 3 aromatic heterocycles. The summed E-state index contributed by atoms with van der Waals surface area (Å²) in [6.45, 7) is 2.62. The lowest BCUT2D eigenvalue weighted by Gasteiger charge is -2.04. The van der Waals surface area contributed by atoms with Gasteiger partial charge in [-0.1, -0.05) is 6.07 Å². The van der Waals surface area contributed by atoms with Crippen LogP contribution in [-0.2, 0) is 6.54 Å². The molecule has 0 aromatic carbocycles. The molecule has 7 heteroatoms. The normalized spacial score (nSPS) is 10.8. The van der Waals surface area contributed by atoms with Crippen LogP contribution in [0.15, 0.2) is 34.4 Å². The van der Waals surface area contributed by atoms with Gasteiger partial charge in [-0.05, 0) is 42.7 Å². The third-order valence-electron chi connectivity index (χ3n) is 3.01. The Morgan fingerprint density at radius 3 is 2.90 bits per heavy atom. The fraction of sp³-hybridized carbons (Fsp3) is 0.154. The van der Waals surface area contributed by atoms with E-state index < -0.39 is 0 Å². The van der Waals surface area contributed by atoms with Crippen LogP contribution in [0, 0.1) is 4.77 Å². The summed E-state index contributed by atoms with van der Waals surface area (Å²) in [5, 5.41) is 8.84. The van der Waals surface area contributed by atoms with E-state index in [0.717, 1.165) is 10.6 Å². The highest BCUT2D eigenvalue weighted by Crippen LogP contribution is 2.23. The topological polar surface area (TPSA) is 66.5 Å². The van der Waals surface area contributed by atoms with E-state index in [4.69, 9.17) is 12.2 Å². The second kappa shape index (κ2) is 5.18. The first kappa shape index (κ1) is 13.0. The van der Waals surface area contributed by atoms with Crippen LogP contribution in [-0.4, -0.2) is 19.7 Å². The van der Waals surface area contributed by atoms with Gasteiger partial charge in [-0.15, -0.1) is 11.3 Å². The summed E-state index contributed by atoms with van der Waals surface area (Å²) in [5.41, 5.74) is 1.16. The number of pyridine rings is 1. The minimum absolute atomic E-state index is 0.167. The first-order chi connectivity index (χ1) is 9.70. The molecule has 0 unspecified atom stereocenters. The van der Waals surface area contributed by atoms with Crippen LogP contribution in [0.1, 0.15) is 6.92 Å². The molecule has 0 aliphatic rings. The van der Waals surface area contributed by atoms with Crippen molar-refractivity contribution in [1.82, 2.24) is 19.7 Å². The minimum Gasteiger partial charge on any atom is -0.321 e. The molecule has 5 nitrogen and oxygen atoms in total. The monoisotopic (exact) mass is 304 g/mol. The summed E-state index contributed by atoms with van der Waals surface area (Å²) >= 11 is 6.72. The molecular weight excluding hydrogens is 292 g/mol. The minimum atomic E-state index is -0.167. The highest BCUT2D eigenvalue weighted by atomic mass is 32.1. The molecule has 0 spiro atoms. The molecule has 0 aliphatic heterocycles. The highest BCUT2D eigenvalue weighted by molar-refractivity contribution is 7.71. The van der Waals surface area contributed by atoms with Crippen molar-refractivity contribution >= 4 is 23.6 Å². The Morgan fingerprint density at radius 2 is 2.25 bits per heavy atom. The Morgan fingerprint density at radius 1 is 1.40 bits per heavy atom. The largest absolute Gasteiger partial charge is 0.321 e. The van der Waals surface area contributed by atoms with Gasteiger partial charge in [-0.2, -0.15) is 5.10 Å². The van der Waals surface area contributed by atoms with E-state index in [1.807, 2.05) is 30.5 Å². The molecule has 0 bridgehead atoms. The smallest absolute Gasteiger partial charge is 0.259 e. The summed E-state index contributed by atoms with van der Waals surface area (Å²) in [6, 6.07) is 7.59. The van der Waals surface area contributed by atoms with E-state index in [2.05, 4.69) is 15.2 Å². The quantitative estimate of drug-likeness (QED) is 0.731. The molecule has 3 rings (SSSR count). The molecule has 3 aromatic rings. The fourth-order valence-electron chi connectivity index (χ4n) is 2.04. The first-order valence-electron chi connectivity index (χ1n) is 6.13.